The zero-order valence-electron chi connectivity index (χ0n) is 11.1. The van der Waals surface area contributed by atoms with Crippen molar-refractivity contribution in [3.05, 3.63) is 40.0 Å². The summed E-state index contributed by atoms with van der Waals surface area (Å²) in [6.45, 7) is 2.09. The van der Waals surface area contributed by atoms with Crippen LogP contribution in [-0.2, 0) is 0 Å². The highest BCUT2D eigenvalue weighted by molar-refractivity contribution is 9.10. The van der Waals surface area contributed by atoms with Crippen molar-refractivity contribution in [1.82, 2.24) is 9.97 Å². The van der Waals surface area contributed by atoms with Gasteiger partial charge in [0, 0.05) is 18.5 Å². The van der Waals surface area contributed by atoms with E-state index < -0.39 is 0 Å². The minimum absolute atomic E-state index is 0.591. The molecule has 3 rings (SSSR count). The van der Waals surface area contributed by atoms with Gasteiger partial charge in [-0.25, -0.2) is 9.97 Å². The van der Waals surface area contributed by atoms with Crippen LogP contribution in [0.15, 0.2) is 28.7 Å². The molecule has 1 aliphatic rings. The van der Waals surface area contributed by atoms with Gasteiger partial charge in [-0.1, -0.05) is 23.8 Å². The summed E-state index contributed by atoms with van der Waals surface area (Å²) in [4.78, 5) is 9.36. The third-order valence-corrected chi connectivity index (χ3v) is 4.14. The van der Waals surface area contributed by atoms with E-state index in [-0.39, 0.29) is 0 Å². The SMILES string of the molecule is CNc1nc(-c2cccc(C)c2)nc(C2CC2)c1Br. The normalized spacial score (nSPS) is 14.5. The van der Waals surface area contributed by atoms with E-state index >= 15 is 0 Å². The number of halogens is 1. The molecule has 0 bridgehead atoms. The molecule has 1 aliphatic carbocycles. The highest BCUT2D eigenvalue weighted by atomic mass is 79.9. The zero-order valence-corrected chi connectivity index (χ0v) is 12.7. The van der Waals surface area contributed by atoms with E-state index in [2.05, 4.69) is 51.4 Å². The average molecular weight is 318 g/mol. The molecular weight excluding hydrogens is 302 g/mol. The fourth-order valence-corrected chi connectivity index (χ4v) is 2.87. The lowest BCUT2D eigenvalue weighted by Gasteiger charge is -2.11. The van der Waals surface area contributed by atoms with E-state index in [1.807, 2.05) is 13.1 Å². The molecule has 1 N–H and O–H groups in total. The summed E-state index contributed by atoms with van der Waals surface area (Å²) >= 11 is 3.62. The Kier molecular flexibility index (Phi) is 3.27. The molecule has 0 amide bonds. The third kappa shape index (κ3) is 2.50. The van der Waals surface area contributed by atoms with Gasteiger partial charge in [0.25, 0.3) is 0 Å². The maximum absolute atomic E-state index is 4.76. The molecule has 1 aromatic carbocycles. The number of hydrogen-bond acceptors (Lipinski definition) is 3. The molecule has 1 fully saturated rings. The quantitative estimate of drug-likeness (QED) is 0.924. The van der Waals surface area contributed by atoms with Crippen LogP contribution < -0.4 is 5.32 Å². The molecule has 0 saturated heterocycles. The Hall–Kier alpha value is -1.42. The van der Waals surface area contributed by atoms with Crippen LogP contribution in [0, 0.1) is 6.92 Å². The van der Waals surface area contributed by atoms with Crippen LogP contribution in [0.25, 0.3) is 11.4 Å². The predicted molar refractivity (Wildman–Crippen MR) is 81.4 cm³/mol. The van der Waals surface area contributed by atoms with Gasteiger partial charge in [0.1, 0.15) is 5.82 Å². The Labute approximate surface area is 121 Å². The summed E-state index contributed by atoms with van der Waals surface area (Å²) in [5, 5.41) is 3.15. The van der Waals surface area contributed by atoms with Crippen molar-refractivity contribution in [3.63, 3.8) is 0 Å². The van der Waals surface area contributed by atoms with Gasteiger partial charge in [-0.05, 0) is 41.8 Å². The molecule has 0 radical (unpaired) electrons. The maximum atomic E-state index is 4.76. The van der Waals surface area contributed by atoms with Crippen molar-refractivity contribution < 1.29 is 0 Å². The molecular formula is C15H16BrN3. The molecule has 3 nitrogen and oxygen atoms in total. The molecule has 0 atom stereocenters. The van der Waals surface area contributed by atoms with Gasteiger partial charge in [0.2, 0.25) is 0 Å². The Morgan fingerprint density at radius 1 is 1.26 bits per heavy atom. The van der Waals surface area contributed by atoms with Crippen molar-refractivity contribution in [1.29, 1.82) is 0 Å². The Morgan fingerprint density at radius 3 is 2.68 bits per heavy atom. The Balaban J connectivity index is 2.13. The van der Waals surface area contributed by atoms with Gasteiger partial charge in [0.15, 0.2) is 5.82 Å². The van der Waals surface area contributed by atoms with Crippen molar-refractivity contribution in [2.45, 2.75) is 25.7 Å². The van der Waals surface area contributed by atoms with Crippen molar-refractivity contribution >= 4 is 21.7 Å². The van der Waals surface area contributed by atoms with E-state index in [0.717, 1.165) is 27.4 Å². The fraction of sp³-hybridized carbons (Fsp3) is 0.333. The van der Waals surface area contributed by atoms with E-state index in [1.165, 1.54) is 18.4 Å². The molecule has 98 valence electrons. The van der Waals surface area contributed by atoms with Crippen LogP contribution in [0.5, 0.6) is 0 Å². The summed E-state index contributed by atoms with van der Waals surface area (Å²) in [5.74, 6) is 2.26. The molecule has 0 unspecified atom stereocenters. The van der Waals surface area contributed by atoms with Crippen LogP contribution in [0.4, 0.5) is 5.82 Å². The fourth-order valence-electron chi connectivity index (χ4n) is 2.17. The van der Waals surface area contributed by atoms with Crippen molar-refractivity contribution in [2.75, 3.05) is 12.4 Å². The number of benzene rings is 1. The van der Waals surface area contributed by atoms with Crippen LogP contribution >= 0.6 is 15.9 Å². The number of hydrogen-bond donors (Lipinski definition) is 1. The third-order valence-electron chi connectivity index (χ3n) is 3.35. The highest BCUT2D eigenvalue weighted by Gasteiger charge is 2.29. The second kappa shape index (κ2) is 4.93. The first kappa shape index (κ1) is 12.6. The van der Waals surface area contributed by atoms with E-state index in [4.69, 9.17) is 4.98 Å². The molecule has 0 spiro atoms. The highest BCUT2D eigenvalue weighted by Crippen LogP contribution is 2.44. The van der Waals surface area contributed by atoms with E-state index in [0.29, 0.717) is 5.92 Å². The Bertz CT molecular complexity index is 621. The van der Waals surface area contributed by atoms with Crippen LogP contribution in [0.2, 0.25) is 0 Å². The van der Waals surface area contributed by atoms with Gasteiger partial charge >= 0.3 is 0 Å². The largest absolute Gasteiger partial charge is 0.372 e. The van der Waals surface area contributed by atoms with Crippen molar-refractivity contribution in [2.24, 2.45) is 0 Å². The predicted octanol–water partition coefficient (Wildman–Crippen LogP) is 4.13. The number of nitrogens with zero attached hydrogens (tertiary/aromatic N) is 2. The second-order valence-electron chi connectivity index (χ2n) is 4.99. The number of aryl methyl sites for hydroxylation is 1. The topological polar surface area (TPSA) is 37.8 Å². The monoisotopic (exact) mass is 317 g/mol. The average Bonchev–Trinajstić information content (AvgIpc) is 3.23. The number of aromatic nitrogens is 2. The minimum atomic E-state index is 0.591. The second-order valence-corrected chi connectivity index (χ2v) is 5.78. The Morgan fingerprint density at radius 2 is 2.05 bits per heavy atom. The summed E-state index contributed by atoms with van der Waals surface area (Å²) < 4.78 is 1.01. The summed E-state index contributed by atoms with van der Waals surface area (Å²) in [7, 11) is 1.89. The molecule has 1 aromatic heterocycles. The smallest absolute Gasteiger partial charge is 0.161 e. The molecule has 0 aliphatic heterocycles. The minimum Gasteiger partial charge on any atom is -0.372 e. The number of anilines is 1. The van der Waals surface area contributed by atoms with Gasteiger partial charge in [-0.2, -0.15) is 0 Å². The van der Waals surface area contributed by atoms with Crippen molar-refractivity contribution in [3.8, 4) is 11.4 Å². The zero-order chi connectivity index (χ0) is 13.4. The van der Waals surface area contributed by atoms with Gasteiger partial charge in [-0.15, -0.1) is 0 Å². The number of nitrogens with one attached hydrogen (secondary N) is 1. The van der Waals surface area contributed by atoms with E-state index in [1.54, 1.807) is 0 Å². The molecule has 2 aromatic rings. The maximum Gasteiger partial charge on any atom is 0.161 e. The standard InChI is InChI=1S/C15H16BrN3/c1-9-4-3-5-11(8-9)14-18-13(10-6-7-10)12(16)15(17-2)19-14/h3-5,8,10H,6-7H2,1-2H3,(H,17,18,19). The summed E-state index contributed by atoms with van der Waals surface area (Å²) in [5.41, 5.74) is 3.43. The lowest BCUT2D eigenvalue weighted by molar-refractivity contribution is 0.980. The van der Waals surface area contributed by atoms with Crippen LogP contribution in [-0.4, -0.2) is 17.0 Å². The van der Waals surface area contributed by atoms with Crippen LogP contribution in [0.3, 0.4) is 0 Å². The van der Waals surface area contributed by atoms with Gasteiger partial charge < -0.3 is 5.32 Å². The lowest BCUT2D eigenvalue weighted by Crippen LogP contribution is -2.02. The molecule has 1 saturated carbocycles. The van der Waals surface area contributed by atoms with Gasteiger partial charge in [0.05, 0.1) is 10.2 Å². The lowest BCUT2D eigenvalue weighted by atomic mass is 10.1. The number of rotatable bonds is 3. The van der Waals surface area contributed by atoms with E-state index in [9.17, 15) is 0 Å². The van der Waals surface area contributed by atoms with Gasteiger partial charge in [-0.3, -0.25) is 0 Å². The molecule has 19 heavy (non-hydrogen) atoms. The first-order valence-electron chi connectivity index (χ1n) is 6.51. The molecule has 1 heterocycles. The molecule has 4 heteroatoms. The summed E-state index contributed by atoms with van der Waals surface area (Å²) in [6, 6.07) is 8.32. The first-order valence-corrected chi connectivity index (χ1v) is 7.30. The summed E-state index contributed by atoms with van der Waals surface area (Å²) in [6.07, 6.45) is 2.46. The first-order chi connectivity index (χ1) is 9.19. The van der Waals surface area contributed by atoms with Crippen LogP contribution in [0.1, 0.15) is 30.0 Å².